The third-order valence-corrected chi connectivity index (χ3v) is 6.33. The molecule has 8 nitrogen and oxygen atoms in total. The fraction of sp³-hybridized carbons (Fsp3) is 0.231. The Morgan fingerprint density at radius 3 is 2.63 bits per heavy atom. The van der Waals surface area contributed by atoms with E-state index < -0.39 is 0 Å². The van der Waals surface area contributed by atoms with E-state index in [0.29, 0.717) is 41.8 Å². The maximum absolute atomic E-state index is 12.9. The minimum Gasteiger partial charge on any atom is -0.342 e. The van der Waals surface area contributed by atoms with Crippen molar-refractivity contribution in [1.82, 2.24) is 19.0 Å². The first kappa shape index (κ1) is 24.2. The van der Waals surface area contributed by atoms with E-state index in [1.807, 2.05) is 42.8 Å². The second kappa shape index (κ2) is 10.1. The van der Waals surface area contributed by atoms with Gasteiger partial charge in [0.1, 0.15) is 6.54 Å². The molecule has 0 aliphatic rings. The summed E-state index contributed by atoms with van der Waals surface area (Å²) in [7, 11) is 0. The molecule has 0 saturated carbocycles. The molecule has 2 amide bonds. The first-order valence-electron chi connectivity index (χ1n) is 11.4. The van der Waals surface area contributed by atoms with Crippen molar-refractivity contribution in [3.05, 3.63) is 82.0 Å². The van der Waals surface area contributed by atoms with Gasteiger partial charge in [-0.15, -0.1) is 6.58 Å². The van der Waals surface area contributed by atoms with Crippen molar-refractivity contribution in [3.8, 4) is 0 Å². The highest BCUT2D eigenvalue weighted by Gasteiger charge is 2.14. The molecule has 0 saturated heterocycles. The molecular formula is C26H27N5O3S. The van der Waals surface area contributed by atoms with E-state index in [1.165, 1.54) is 4.57 Å². The molecule has 0 atom stereocenters. The van der Waals surface area contributed by atoms with E-state index in [9.17, 15) is 14.4 Å². The van der Waals surface area contributed by atoms with Crippen LogP contribution in [0.5, 0.6) is 0 Å². The highest BCUT2D eigenvalue weighted by atomic mass is 32.1. The van der Waals surface area contributed by atoms with Gasteiger partial charge >= 0.3 is 0 Å². The van der Waals surface area contributed by atoms with Gasteiger partial charge in [0.05, 0.1) is 10.9 Å². The summed E-state index contributed by atoms with van der Waals surface area (Å²) in [6.45, 7) is 9.51. The van der Waals surface area contributed by atoms with Gasteiger partial charge in [-0.3, -0.25) is 19.0 Å². The van der Waals surface area contributed by atoms with Gasteiger partial charge in [-0.1, -0.05) is 6.08 Å². The van der Waals surface area contributed by atoms with Gasteiger partial charge in [0.15, 0.2) is 4.77 Å². The maximum Gasteiger partial charge on any atom is 0.262 e. The summed E-state index contributed by atoms with van der Waals surface area (Å²) in [6, 6.07) is 12.3. The lowest BCUT2D eigenvalue weighted by molar-refractivity contribution is -0.131. The van der Waals surface area contributed by atoms with Crippen molar-refractivity contribution in [2.24, 2.45) is 0 Å². The molecule has 0 fully saturated rings. The molecule has 0 radical (unpaired) electrons. The lowest BCUT2D eigenvalue weighted by Gasteiger charge is -2.19. The number of carbonyl (C=O) groups excluding carboxylic acids is 2. The van der Waals surface area contributed by atoms with Gasteiger partial charge in [0.2, 0.25) is 5.91 Å². The van der Waals surface area contributed by atoms with Crippen LogP contribution in [0, 0.1) is 4.77 Å². The van der Waals surface area contributed by atoms with Crippen LogP contribution < -0.4 is 10.9 Å². The Balaban J connectivity index is 1.56. The number of hydrogen-bond acceptors (Lipinski definition) is 4. The average Bonchev–Trinajstić information content (AvgIpc) is 3.23. The molecule has 0 unspecified atom stereocenters. The Morgan fingerprint density at radius 2 is 1.91 bits per heavy atom. The topological polar surface area (TPSA) is 92.1 Å². The number of allylic oxidation sites excluding steroid dienone is 1. The van der Waals surface area contributed by atoms with Crippen LogP contribution in [-0.4, -0.2) is 43.9 Å². The van der Waals surface area contributed by atoms with E-state index in [-0.39, 0.29) is 28.7 Å². The highest BCUT2D eigenvalue weighted by Crippen LogP contribution is 2.22. The van der Waals surface area contributed by atoms with E-state index in [4.69, 9.17) is 12.2 Å². The molecule has 4 aromatic rings. The molecule has 0 bridgehead atoms. The molecule has 0 aliphatic carbocycles. The van der Waals surface area contributed by atoms with Crippen LogP contribution in [0.15, 0.2) is 66.1 Å². The van der Waals surface area contributed by atoms with Crippen LogP contribution in [0.2, 0.25) is 0 Å². The van der Waals surface area contributed by atoms with Crippen LogP contribution in [0.1, 0.15) is 24.2 Å². The van der Waals surface area contributed by atoms with E-state index in [2.05, 4.69) is 16.9 Å². The van der Waals surface area contributed by atoms with Crippen molar-refractivity contribution < 1.29 is 9.59 Å². The number of hydrogen-bond donors (Lipinski definition) is 2. The van der Waals surface area contributed by atoms with Crippen molar-refractivity contribution >= 4 is 51.5 Å². The van der Waals surface area contributed by atoms with Gasteiger partial charge in [0, 0.05) is 48.0 Å². The number of likely N-dealkylation sites (N-methyl/N-ethyl adjacent to an activating group) is 1. The number of aromatic nitrogens is 3. The van der Waals surface area contributed by atoms with E-state index in [1.54, 1.807) is 35.2 Å². The lowest BCUT2D eigenvalue weighted by Crippen LogP contribution is -2.33. The van der Waals surface area contributed by atoms with Gasteiger partial charge in [0.25, 0.3) is 11.5 Å². The summed E-state index contributed by atoms with van der Waals surface area (Å²) in [5.41, 5.74) is 2.21. The zero-order valence-corrected chi connectivity index (χ0v) is 20.5. The van der Waals surface area contributed by atoms with E-state index in [0.717, 1.165) is 10.9 Å². The number of anilines is 1. The Bertz CT molecular complexity index is 1560. The molecule has 2 N–H and O–H groups in total. The quantitative estimate of drug-likeness (QED) is 0.285. The highest BCUT2D eigenvalue weighted by molar-refractivity contribution is 7.71. The summed E-state index contributed by atoms with van der Waals surface area (Å²) in [4.78, 5) is 42.9. The third kappa shape index (κ3) is 4.81. The van der Waals surface area contributed by atoms with Crippen LogP contribution in [0.25, 0.3) is 21.8 Å². The van der Waals surface area contributed by atoms with Gasteiger partial charge < -0.3 is 19.8 Å². The number of amides is 2. The molecule has 35 heavy (non-hydrogen) atoms. The summed E-state index contributed by atoms with van der Waals surface area (Å²) in [5.74, 6) is -0.242. The van der Waals surface area contributed by atoms with Crippen molar-refractivity contribution in [2.45, 2.75) is 26.9 Å². The van der Waals surface area contributed by atoms with Gasteiger partial charge in [-0.2, -0.15) is 0 Å². The molecular weight excluding hydrogens is 462 g/mol. The van der Waals surface area contributed by atoms with Crippen LogP contribution in [0.3, 0.4) is 0 Å². The molecule has 4 rings (SSSR count). The number of nitrogens with zero attached hydrogens (tertiary/aromatic N) is 3. The number of benzene rings is 2. The minimum absolute atomic E-state index is 0.0662. The Morgan fingerprint density at radius 1 is 1.14 bits per heavy atom. The lowest BCUT2D eigenvalue weighted by atomic mass is 10.1. The number of rotatable bonds is 8. The van der Waals surface area contributed by atoms with Crippen LogP contribution in [-0.2, 0) is 17.9 Å². The Kier molecular flexibility index (Phi) is 6.97. The third-order valence-electron chi connectivity index (χ3n) is 6.01. The molecule has 2 aromatic carbocycles. The van der Waals surface area contributed by atoms with E-state index >= 15 is 0 Å². The summed E-state index contributed by atoms with van der Waals surface area (Å²) >= 11 is 5.28. The normalized spacial score (nSPS) is 11.0. The largest absolute Gasteiger partial charge is 0.342 e. The summed E-state index contributed by atoms with van der Waals surface area (Å²) in [6.07, 6.45) is 3.48. The van der Waals surface area contributed by atoms with Crippen LogP contribution in [0.4, 0.5) is 5.69 Å². The fourth-order valence-corrected chi connectivity index (χ4v) is 4.40. The predicted octanol–water partition coefficient (Wildman–Crippen LogP) is 4.32. The Hall–Kier alpha value is -3.98. The second-order valence-electron chi connectivity index (χ2n) is 8.13. The summed E-state index contributed by atoms with van der Waals surface area (Å²) < 4.78 is 3.60. The molecule has 180 valence electrons. The molecule has 0 aliphatic heterocycles. The first-order valence-corrected chi connectivity index (χ1v) is 11.8. The molecule has 0 spiro atoms. The number of carbonyl (C=O) groups is 2. The van der Waals surface area contributed by atoms with Crippen molar-refractivity contribution in [2.75, 3.05) is 18.4 Å². The number of nitrogens with one attached hydrogen (secondary N) is 2. The minimum atomic E-state index is -0.308. The first-order chi connectivity index (χ1) is 16.9. The van der Waals surface area contributed by atoms with Crippen LogP contribution >= 0.6 is 12.2 Å². The zero-order valence-electron chi connectivity index (χ0n) is 19.7. The number of fused-ring (bicyclic) bond motifs is 2. The zero-order chi connectivity index (χ0) is 25.1. The summed E-state index contributed by atoms with van der Waals surface area (Å²) in [5, 5.41) is 4.26. The SMILES string of the molecule is C=CCn1c(=S)[nH]c2cc(C(=O)Nc3ccc4c(ccn4CC(=O)N(CC)CC)c3)ccc2c1=O. The Labute approximate surface area is 207 Å². The molecule has 9 heteroatoms. The number of aromatic amines is 1. The average molecular weight is 490 g/mol. The standard InChI is InChI=1S/C26H27N5O3S/c1-4-12-31-25(34)20-9-7-18(15-21(20)28-26(31)35)24(33)27-19-8-10-22-17(14-19)11-13-30(22)16-23(32)29(5-2)6-3/h4,7-11,13-15H,1,5-6,12,16H2,2-3H3,(H,27,33)(H,28,35). The number of H-pyrrole nitrogens is 1. The fourth-order valence-electron chi connectivity index (χ4n) is 4.13. The second-order valence-corrected chi connectivity index (χ2v) is 8.52. The smallest absolute Gasteiger partial charge is 0.262 e. The van der Waals surface area contributed by atoms with Gasteiger partial charge in [-0.25, -0.2) is 0 Å². The molecule has 2 aromatic heterocycles. The predicted molar refractivity (Wildman–Crippen MR) is 141 cm³/mol. The monoisotopic (exact) mass is 489 g/mol. The van der Waals surface area contributed by atoms with Crippen molar-refractivity contribution in [1.29, 1.82) is 0 Å². The van der Waals surface area contributed by atoms with Crippen molar-refractivity contribution in [3.63, 3.8) is 0 Å². The maximum atomic E-state index is 12.9. The van der Waals surface area contributed by atoms with Gasteiger partial charge in [-0.05, 0) is 68.5 Å². The molecule has 2 heterocycles.